The standard InChI is InChI=1S/C21H14ClN5O4S/c1-11-6-17-18(26-21(29)20(28)25-17)8-19(11)32(30,31)27-13-4-5-15(16(22)7-13)12-2-3-14(9-23)24-10-12/h2-8,10,27H,1H3,(H,25,28)(H,26,29). The van der Waals surface area contributed by atoms with Crippen LogP contribution in [0, 0.1) is 18.3 Å². The lowest BCUT2D eigenvalue weighted by atomic mass is 10.1. The van der Waals surface area contributed by atoms with E-state index in [-0.39, 0.29) is 26.8 Å². The summed E-state index contributed by atoms with van der Waals surface area (Å²) in [5.74, 6) is 0. The number of aromatic nitrogens is 3. The molecule has 0 saturated heterocycles. The topological polar surface area (TPSA) is 149 Å². The van der Waals surface area contributed by atoms with Crippen LogP contribution in [0.4, 0.5) is 5.69 Å². The Labute approximate surface area is 186 Å². The van der Waals surface area contributed by atoms with Crippen LogP contribution < -0.4 is 15.8 Å². The lowest BCUT2D eigenvalue weighted by Crippen LogP contribution is -2.29. The molecule has 0 bridgehead atoms. The molecule has 0 fully saturated rings. The van der Waals surface area contributed by atoms with Gasteiger partial charge in [-0.05, 0) is 48.9 Å². The number of rotatable bonds is 4. The molecule has 0 aliphatic heterocycles. The summed E-state index contributed by atoms with van der Waals surface area (Å²) in [5, 5.41) is 9.14. The van der Waals surface area contributed by atoms with Crippen molar-refractivity contribution in [2.45, 2.75) is 11.8 Å². The van der Waals surface area contributed by atoms with E-state index in [9.17, 15) is 18.0 Å². The van der Waals surface area contributed by atoms with Gasteiger partial charge < -0.3 is 9.97 Å². The summed E-state index contributed by atoms with van der Waals surface area (Å²) in [6.07, 6.45) is 1.51. The van der Waals surface area contributed by atoms with Crippen LogP contribution in [0.15, 0.2) is 63.1 Å². The molecule has 0 amide bonds. The fourth-order valence-corrected chi connectivity index (χ4v) is 4.78. The predicted octanol–water partition coefficient (Wildman–Crippen LogP) is 2.91. The van der Waals surface area contributed by atoms with Crippen molar-refractivity contribution < 1.29 is 8.42 Å². The summed E-state index contributed by atoms with van der Waals surface area (Å²) in [6, 6.07) is 12.6. The molecular formula is C21H14ClN5O4S. The first-order chi connectivity index (χ1) is 15.2. The van der Waals surface area contributed by atoms with E-state index in [0.29, 0.717) is 22.2 Å². The average Bonchev–Trinajstić information content (AvgIpc) is 2.74. The van der Waals surface area contributed by atoms with Crippen LogP contribution in [-0.4, -0.2) is 23.4 Å². The highest BCUT2D eigenvalue weighted by atomic mass is 35.5. The van der Waals surface area contributed by atoms with Crippen molar-refractivity contribution >= 4 is 38.3 Å². The van der Waals surface area contributed by atoms with Gasteiger partial charge in [0.2, 0.25) is 0 Å². The first-order valence-corrected chi connectivity index (χ1v) is 11.0. The largest absolute Gasteiger partial charge is 0.316 e. The van der Waals surface area contributed by atoms with E-state index in [4.69, 9.17) is 16.9 Å². The summed E-state index contributed by atoms with van der Waals surface area (Å²) < 4.78 is 28.5. The molecule has 32 heavy (non-hydrogen) atoms. The molecule has 0 radical (unpaired) electrons. The number of halogens is 1. The number of pyridine rings is 1. The average molecular weight is 468 g/mol. The number of sulfonamides is 1. The van der Waals surface area contributed by atoms with Crippen LogP contribution in [0.5, 0.6) is 0 Å². The van der Waals surface area contributed by atoms with Gasteiger partial charge in [-0.1, -0.05) is 17.7 Å². The van der Waals surface area contributed by atoms with E-state index in [1.165, 1.54) is 24.4 Å². The number of aromatic amines is 2. The summed E-state index contributed by atoms with van der Waals surface area (Å²) in [7, 11) is -4.03. The van der Waals surface area contributed by atoms with Gasteiger partial charge in [0.25, 0.3) is 10.0 Å². The zero-order chi connectivity index (χ0) is 23.0. The summed E-state index contributed by atoms with van der Waals surface area (Å²) >= 11 is 6.35. The van der Waals surface area contributed by atoms with Crippen LogP contribution in [0.25, 0.3) is 22.2 Å². The third kappa shape index (κ3) is 3.99. The smallest absolute Gasteiger partial charge is 0.314 e. The number of H-pyrrole nitrogens is 2. The van der Waals surface area contributed by atoms with Gasteiger partial charge in [0.15, 0.2) is 0 Å². The molecule has 0 unspecified atom stereocenters. The molecule has 2 aromatic carbocycles. The number of nitrogens with one attached hydrogen (secondary N) is 3. The van der Waals surface area contributed by atoms with E-state index in [1.54, 1.807) is 31.2 Å². The molecule has 9 nitrogen and oxygen atoms in total. The zero-order valence-corrected chi connectivity index (χ0v) is 18.0. The molecule has 0 spiro atoms. The van der Waals surface area contributed by atoms with Crippen molar-refractivity contribution in [1.29, 1.82) is 5.26 Å². The van der Waals surface area contributed by atoms with E-state index in [1.807, 2.05) is 6.07 Å². The molecule has 11 heteroatoms. The normalized spacial score (nSPS) is 11.3. The van der Waals surface area contributed by atoms with E-state index in [0.717, 1.165) is 0 Å². The van der Waals surface area contributed by atoms with E-state index >= 15 is 0 Å². The molecule has 4 aromatic rings. The molecule has 0 aliphatic rings. The second kappa shape index (κ2) is 7.96. The number of benzene rings is 2. The Balaban J connectivity index is 1.69. The molecule has 3 N–H and O–H groups in total. The van der Waals surface area contributed by atoms with E-state index < -0.39 is 21.1 Å². The Hall–Kier alpha value is -3.94. The Morgan fingerprint density at radius 2 is 1.72 bits per heavy atom. The maximum atomic E-state index is 13.0. The fraction of sp³-hybridized carbons (Fsp3) is 0.0476. The monoisotopic (exact) mass is 467 g/mol. The Morgan fingerprint density at radius 3 is 2.31 bits per heavy atom. The summed E-state index contributed by atoms with van der Waals surface area (Å²) in [5.41, 5.74) is 0.966. The zero-order valence-electron chi connectivity index (χ0n) is 16.4. The molecular weight excluding hydrogens is 454 g/mol. The lowest BCUT2D eigenvalue weighted by molar-refractivity contribution is 0.600. The van der Waals surface area contributed by atoms with Gasteiger partial charge in [-0.25, -0.2) is 13.4 Å². The Kier molecular flexibility index (Phi) is 5.30. The molecule has 160 valence electrons. The molecule has 0 aliphatic carbocycles. The maximum Gasteiger partial charge on any atom is 0.314 e. The molecule has 0 saturated carbocycles. The van der Waals surface area contributed by atoms with Crippen LogP contribution >= 0.6 is 11.6 Å². The highest BCUT2D eigenvalue weighted by molar-refractivity contribution is 7.92. The third-order valence-electron chi connectivity index (χ3n) is 4.72. The highest BCUT2D eigenvalue weighted by Crippen LogP contribution is 2.31. The predicted molar refractivity (Wildman–Crippen MR) is 120 cm³/mol. The quantitative estimate of drug-likeness (QED) is 0.393. The lowest BCUT2D eigenvalue weighted by Gasteiger charge is -2.13. The van der Waals surface area contributed by atoms with Crippen molar-refractivity contribution in [3.8, 4) is 17.2 Å². The van der Waals surface area contributed by atoms with Crippen molar-refractivity contribution in [3.05, 3.63) is 85.6 Å². The van der Waals surface area contributed by atoms with Crippen LogP contribution in [-0.2, 0) is 10.0 Å². The summed E-state index contributed by atoms with van der Waals surface area (Å²) in [4.78, 5) is 31.8. The van der Waals surface area contributed by atoms with Crippen molar-refractivity contribution in [1.82, 2.24) is 15.0 Å². The fourth-order valence-electron chi connectivity index (χ4n) is 3.18. The molecule has 2 heterocycles. The van der Waals surface area contributed by atoms with Gasteiger partial charge in [0, 0.05) is 17.3 Å². The van der Waals surface area contributed by atoms with Crippen LogP contribution in [0.2, 0.25) is 5.02 Å². The number of hydrogen-bond donors (Lipinski definition) is 3. The number of hydrogen-bond acceptors (Lipinski definition) is 6. The number of nitriles is 1. The minimum atomic E-state index is -4.03. The Morgan fingerprint density at radius 1 is 1.03 bits per heavy atom. The van der Waals surface area contributed by atoms with Crippen molar-refractivity contribution in [2.75, 3.05) is 4.72 Å². The second-order valence-corrected chi connectivity index (χ2v) is 8.97. The number of anilines is 1. The van der Waals surface area contributed by atoms with Crippen LogP contribution in [0.3, 0.4) is 0 Å². The Bertz CT molecular complexity index is 1630. The van der Waals surface area contributed by atoms with E-state index in [2.05, 4.69) is 19.7 Å². The number of nitrogens with zero attached hydrogens (tertiary/aromatic N) is 2. The first kappa shape index (κ1) is 21.3. The highest BCUT2D eigenvalue weighted by Gasteiger charge is 2.19. The van der Waals surface area contributed by atoms with Gasteiger partial charge in [0.1, 0.15) is 11.8 Å². The summed E-state index contributed by atoms with van der Waals surface area (Å²) in [6.45, 7) is 1.57. The molecule has 4 rings (SSSR count). The number of fused-ring (bicyclic) bond motifs is 1. The first-order valence-electron chi connectivity index (χ1n) is 9.14. The SMILES string of the molecule is Cc1cc2[nH]c(=O)c(=O)[nH]c2cc1S(=O)(=O)Nc1ccc(-c2ccc(C#N)nc2)c(Cl)c1. The van der Waals surface area contributed by atoms with Gasteiger partial charge in [-0.15, -0.1) is 0 Å². The van der Waals surface area contributed by atoms with Gasteiger partial charge >= 0.3 is 11.1 Å². The van der Waals surface area contributed by atoms with Gasteiger partial charge in [-0.2, -0.15) is 5.26 Å². The molecule has 2 aromatic heterocycles. The number of aryl methyl sites for hydroxylation is 1. The second-order valence-electron chi connectivity index (χ2n) is 6.92. The molecule has 0 atom stereocenters. The van der Waals surface area contributed by atoms with Crippen LogP contribution in [0.1, 0.15) is 11.3 Å². The van der Waals surface area contributed by atoms with Crippen molar-refractivity contribution in [2.24, 2.45) is 0 Å². The third-order valence-corrected chi connectivity index (χ3v) is 6.55. The van der Waals surface area contributed by atoms with Gasteiger partial charge in [0.05, 0.1) is 26.6 Å². The van der Waals surface area contributed by atoms with Crippen molar-refractivity contribution in [3.63, 3.8) is 0 Å². The minimum absolute atomic E-state index is 0.0656. The maximum absolute atomic E-state index is 13.0. The minimum Gasteiger partial charge on any atom is -0.316 e. The van der Waals surface area contributed by atoms with Gasteiger partial charge in [-0.3, -0.25) is 14.3 Å².